The van der Waals surface area contributed by atoms with Crippen LogP contribution in [0.4, 0.5) is 0 Å². The predicted octanol–water partition coefficient (Wildman–Crippen LogP) is 0.788. The molecule has 1 heterocycles. The Morgan fingerprint density at radius 1 is 1.50 bits per heavy atom. The van der Waals surface area contributed by atoms with Crippen LogP contribution in [-0.2, 0) is 9.47 Å². The van der Waals surface area contributed by atoms with E-state index in [9.17, 15) is 0 Å². The van der Waals surface area contributed by atoms with Gasteiger partial charge in [-0.15, -0.1) is 0 Å². The van der Waals surface area contributed by atoms with Crippen molar-refractivity contribution >= 4 is 0 Å². The van der Waals surface area contributed by atoms with E-state index in [1.54, 1.807) is 7.11 Å². The van der Waals surface area contributed by atoms with Gasteiger partial charge in [-0.25, -0.2) is 0 Å². The smallest absolute Gasteiger partial charge is 0.0758 e. The van der Waals surface area contributed by atoms with Gasteiger partial charge in [-0.2, -0.15) is 0 Å². The normalized spacial score (nSPS) is 30.0. The molecule has 0 amide bonds. The Bertz CT molecular complexity index is 128. The Morgan fingerprint density at radius 2 is 2.25 bits per heavy atom. The molecule has 1 N–H and O–H groups in total. The van der Waals surface area contributed by atoms with Crippen molar-refractivity contribution in [3.8, 4) is 0 Å². The Kier molecular flexibility index (Phi) is 3.98. The van der Waals surface area contributed by atoms with Crippen LogP contribution < -0.4 is 5.32 Å². The van der Waals surface area contributed by atoms with Crippen molar-refractivity contribution in [3.63, 3.8) is 0 Å². The standard InChI is InChI=1S/C9H19NO2/c1-7(2)12-6-8-9(11-3)4-5-10-8/h7-10H,4-6H2,1-3H3/t8-,9+/m1/s1. The molecule has 3 nitrogen and oxygen atoms in total. The van der Waals surface area contributed by atoms with Crippen molar-refractivity contribution < 1.29 is 9.47 Å². The zero-order valence-corrected chi connectivity index (χ0v) is 8.17. The summed E-state index contributed by atoms with van der Waals surface area (Å²) >= 11 is 0. The maximum Gasteiger partial charge on any atom is 0.0758 e. The van der Waals surface area contributed by atoms with Crippen LogP contribution in [-0.4, -0.2) is 38.5 Å². The molecule has 0 aromatic heterocycles. The van der Waals surface area contributed by atoms with E-state index >= 15 is 0 Å². The lowest BCUT2D eigenvalue weighted by Gasteiger charge is -2.19. The van der Waals surface area contributed by atoms with E-state index in [-0.39, 0.29) is 0 Å². The Hall–Kier alpha value is -0.120. The average Bonchev–Trinajstić information content (AvgIpc) is 2.47. The van der Waals surface area contributed by atoms with Crippen LogP contribution in [0.3, 0.4) is 0 Å². The summed E-state index contributed by atoms with van der Waals surface area (Å²) in [5.74, 6) is 0. The van der Waals surface area contributed by atoms with Gasteiger partial charge in [-0.05, 0) is 26.8 Å². The lowest BCUT2D eigenvalue weighted by atomic mass is 10.2. The fourth-order valence-corrected chi connectivity index (χ4v) is 1.49. The second-order valence-electron chi connectivity index (χ2n) is 3.51. The molecule has 1 rings (SSSR count). The van der Waals surface area contributed by atoms with Gasteiger partial charge in [0.05, 0.1) is 24.9 Å². The molecule has 3 heteroatoms. The molecule has 0 spiro atoms. The molecule has 12 heavy (non-hydrogen) atoms. The summed E-state index contributed by atoms with van der Waals surface area (Å²) in [5, 5.41) is 3.36. The molecule has 0 saturated carbocycles. The first kappa shape index (κ1) is 9.96. The number of methoxy groups -OCH3 is 1. The summed E-state index contributed by atoms with van der Waals surface area (Å²) in [6.07, 6.45) is 1.75. The molecule has 0 unspecified atom stereocenters. The molecule has 1 saturated heterocycles. The minimum atomic E-state index is 0.310. The highest BCUT2D eigenvalue weighted by atomic mass is 16.5. The van der Waals surface area contributed by atoms with Crippen molar-refractivity contribution in [3.05, 3.63) is 0 Å². The molecule has 0 radical (unpaired) electrons. The monoisotopic (exact) mass is 173 g/mol. The van der Waals surface area contributed by atoms with Crippen molar-refractivity contribution in [1.82, 2.24) is 5.32 Å². The van der Waals surface area contributed by atoms with Crippen molar-refractivity contribution in [2.24, 2.45) is 0 Å². The summed E-state index contributed by atoms with van der Waals surface area (Å²) < 4.78 is 10.8. The molecule has 0 aromatic carbocycles. The molecule has 1 fully saturated rings. The maximum atomic E-state index is 5.52. The third kappa shape index (κ3) is 2.73. The second kappa shape index (κ2) is 4.80. The number of hydrogen-bond acceptors (Lipinski definition) is 3. The topological polar surface area (TPSA) is 30.5 Å². The van der Waals surface area contributed by atoms with Crippen LogP contribution in [0.2, 0.25) is 0 Å². The van der Waals surface area contributed by atoms with E-state index in [1.165, 1.54) is 0 Å². The molecule has 72 valence electrons. The van der Waals surface area contributed by atoms with Gasteiger partial charge < -0.3 is 14.8 Å². The summed E-state index contributed by atoms with van der Waals surface area (Å²) in [4.78, 5) is 0. The molecule has 0 aliphatic carbocycles. The highest BCUT2D eigenvalue weighted by molar-refractivity contribution is 4.84. The number of hydrogen-bond donors (Lipinski definition) is 1. The fraction of sp³-hybridized carbons (Fsp3) is 1.00. The number of ether oxygens (including phenoxy) is 2. The molecule has 0 aromatic rings. The van der Waals surface area contributed by atoms with Crippen LogP contribution in [0.25, 0.3) is 0 Å². The average molecular weight is 173 g/mol. The molecular formula is C9H19NO2. The van der Waals surface area contributed by atoms with Crippen LogP contribution >= 0.6 is 0 Å². The van der Waals surface area contributed by atoms with Gasteiger partial charge in [-0.3, -0.25) is 0 Å². The van der Waals surface area contributed by atoms with Gasteiger partial charge in [0, 0.05) is 7.11 Å². The van der Waals surface area contributed by atoms with Crippen LogP contribution in [0.15, 0.2) is 0 Å². The minimum absolute atomic E-state index is 0.310. The first-order chi connectivity index (χ1) is 5.74. The lowest BCUT2D eigenvalue weighted by Crippen LogP contribution is -2.36. The lowest BCUT2D eigenvalue weighted by molar-refractivity contribution is 0.0189. The summed E-state index contributed by atoms with van der Waals surface area (Å²) in [6.45, 7) is 5.91. The predicted molar refractivity (Wildman–Crippen MR) is 48.3 cm³/mol. The van der Waals surface area contributed by atoms with Gasteiger partial charge in [0.15, 0.2) is 0 Å². The second-order valence-corrected chi connectivity index (χ2v) is 3.51. The summed E-state index contributed by atoms with van der Waals surface area (Å²) in [7, 11) is 1.76. The molecule has 0 bridgehead atoms. The molecule has 2 atom stereocenters. The van der Waals surface area contributed by atoms with E-state index in [0.717, 1.165) is 19.6 Å². The fourth-order valence-electron chi connectivity index (χ4n) is 1.49. The Morgan fingerprint density at radius 3 is 2.83 bits per heavy atom. The minimum Gasteiger partial charge on any atom is -0.380 e. The number of rotatable bonds is 4. The Labute approximate surface area is 74.4 Å². The quantitative estimate of drug-likeness (QED) is 0.681. The van der Waals surface area contributed by atoms with Crippen LogP contribution in [0.1, 0.15) is 20.3 Å². The van der Waals surface area contributed by atoms with Crippen molar-refractivity contribution in [1.29, 1.82) is 0 Å². The molecule has 1 aliphatic heterocycles. The van der Waals surface area contributed by atoms with E-state index in [2.05, 4.69) is 19.2 Å². The zero-order chi connectivity index (χ0) is 8.97. The Balaban J connectivity index is 2.21. The third-order valence-corrected chi connectivity index (χ3v) is 2.20. The maximum absolute atomic E-state index is 5.52. The van der Waals surface area contributed by atoms with Crippen molar-refractivity contribution in [2.45, 2.75) is 38.5 Å². The van der Waals surface area contributed by atoms with E-state index < -0.39 is 0 Å². The zero-order valence-electron chi connectivity index (χ0n) is 8.17. The largest absolute Gasteiger partial charge is 0.380 e. The molecular weight excluding hydrogens is 154 g/mol. The summed E-state index contributed by atoms with van der Waals surface area (Å²) in [5.41, 5.74) is 0. The SMILES string of the molecule is CO[C@H]1CCN[C@@H]1COC(C)C. The highest BCUT2D eigenvalue weighted by Crippen LogP contribution is 2.11. The first-order valence-electron chi connectivity index (χ1n) is 4.62. The van der Waals surface area contributed by atoms with Crippen molar-refractivity contribution in [2.75, 3.05) is 20.3 Å². The van der Waals surface area contributed by atoms with Gasteiger partial charge in [0.1, 0.15) is 0 Å². The van der Waals surface area contributed by atoms with E-state index in [1.807, 2.05) is 0 Å². The third-order valence-electron chi connectivity index (χ3n) is 2.20. The van der Waals surface area contributed by atoms with E-state index in [4.69, 9.17) is 9.47 Å². The van der Waals surface area contributed by atoms with Crippen LogP contribution in [0, 0.1) is 0 Å². The summed E-state index contributed by atoms with van der Waals surface area (Å²) in [6, 6.07) is 0.386. The number of nitrogens with one attached hydrogen (secondary N) is 1. The first-order valence-corrected chi connectivity index (χ1v) is 4.62. The van der Waals surface area contributed by atoms with Gasteiger partial charge in [0.2, 0.25) is 0 Å². The van der Waals surface area contributed by atoms with Crippen LogP contribution in [0.5, 0.6) is 0 Å². The van der Waals surface area contributed by atoms with Gasteiger partial charge >= 0.3 is 0 Å². The van der Waals surface area contributed by atoms with E-state index in [0.29, 0.717) is 18.2 Å². The van der Waals surface area contributed by atoms with Gasteiger partial charge in [0.25, 0.3) is 0 Å². The molecule has 1 aliphatic rings. The highest BCUT2D eigenvalue weighted by Gasteiger charge is 2.26. The van der Waals surface area contributed by atoms with Gasteiger partial charge in [-0.1, -0.05) is 0 Å².